The van der Waals surface area contributed by atoms with Gasteiger partial charge in [-0.15, -0.1) is 0 Å². The van der Waals surface area contributed by atoms with Gasteiger partial charge in [-0.1, -0.05) is 0 Å². The van der Waals surface area contributed by atoms with Crippen LogP contribution in [-0.2, 0) is 0 Å². The van der Waals surface area contributed by atoms with Crippen LogP contribution >= 0.6 is 0 Å². The second-order valence-electron chi connectivity index (χ2n) is 5.55. The first kappa shape index (κ1) is 16.0. The van der Waals surface area contributed by atoms with Crippen LogP contribution in [0.4, 0.5) is 11.4 Å². The molecule has 0 radical (unpaired) electrons. The van der Waals surface area contributed by atoms with E-state index in [0.717, 1.165) is 18.0 Å². The molecule has 0 aromatic heterocycles. The number of anilines is 2. The van der Waals surface area contributed by atoms with E-state index in [1.165, 1.54) is 0 Å². The van der Waals surface area contributed by atoms with E-state index in [2.05, 4.69) is 4.90 Å². The standard InChI is InChI=1S/C17H23N3O2/c1-12(11-20(2)3)21-13-4-6-14(7-5-13)22-15-8-9-16(18)17(19)10-15/h4-10,12H,11,18-19H2,1-3H3. The Morgan fingerprint density at radius 1 is 0.909 bits per heavy atom. The molecule has 1 unspecified atom stereocenters. The zero-order valence-electron chi connectivity index (χ0n) is 13.2. The molecular weight excluding hydrogens is 278 g/mol. The zero-order chi connectivity index (χ0) is 16.1. The second-order valence-corrected chi connectivity index (χ2v) is 5.55. The summed E-state index contributed by atoms with van der Waals surface area (Å²) < 4.78 is 11.6. The van der Waals surface area contributed by atoms with Crippen molar-refractivity contribution in [2.75, 3.05) is 32.1 Å². The number of ether oxygens (including phenoxy) is 2. The lowest BCUT2D eigenvalue weighted by Crippen LogP contribution is -2.27. The summed E-state index contributed by atoms with van der Waals surface area (Å²) in [7, 11) is 4.05. The van der Waals surface area contributed by atoms with E-state index in [4.69, 9.17) is 20.9 Å². The monoisotopic (exact) mass is 301 g/mol. The molecule has 22 heavy (non-hydrogen) atoms. The van der Waals surface area contributed by atoms with Gasteiger partial charge in [0.1, 0.15) is 23.4 Å². The van der Waals surface area contributed by atoms with E-state index in [1.807, 2.05) is 45.3 Å². The fourth-order valence-electron chi connectivity index (χ4n) is 2.12. The van der Waals surface area contributed by atoms with E-state index in [0.29, 0.717) is 17.1 Å². The first-order valence-corrected chi connectivity index (χ1v) is 7.18. The zero-order valence-corrected chi connectivity index (χ0v) is 13.2. The molecule has 0 heterocycles. The van der Waals surface area contributed by atoms with Crippen molar-refractivity contribution in [2.45, 2.75) is 13.0 Å². The van der Waals surface area contributed by atoms with Crippen molar-refractivity contribution in [3.05, 3.63) is 42.5 Å². The molecule has 0 aliphatic heterocycles. The highest BCUT2D eigenvalue weighted by atomic mass is 16.5. The third kappa shape index (κ3) is 4.56. The van der Waals surface area contributed by atoms with Crippen molar-refractivity contribution < 1.29 is 9.47 Å². The summed E-state index contributed by atoms with van der Waals surface area (Å²) in [5, 5.41) is 0. The SMILES string of the molecule is CC(CN(C)C)Oc1ccc(Oc2ccc(N)c(N)c2)cc1. The number of nitrogens with two attached hydrogens (primary N) is 2. The van der Waals surface area contributed by atoms with Crippen molar-refractivity contribution in [3.8, 4) is 17.2 Å². The fraction of sp³-hybridized carbons (Fsp3) is 0.294. The lowest BCUT2D eigenvalue weighted by molar-refractivity contribution is 0.177. The van der Waals surface area contributed by atoms with Crippen LogP contribution in [0, 0.1) is 0 Å². The van der Waals surface area contributed by atoms with Gasteiger partial charge in [0.2, 0.25) is 0 Å². The van der Waals surface area contributed by atoms with Gasteiger partial charge in [0, 0.05) is 12.6 Å². The Labute approximate surface area is 131 Å². The molecule has 0 saturated heterocycles. The first-order valence-electron chi connectivity index (χ1n) is 7.18. The van der Waals surface area contributed by atoms with Crippen molar-refractivity contribution in [1.29, 1.82) is 0 Å². The Hall–Kier alpha value is -2.40. The van der Waals surface area contributed by atoms with E-state index >= 15 is 0 Å². The Kier molecular flexibility index (Phi) is 5.12. The number of nitrogens with zero attached hydrogens (tertiary/aromatic N) is 1. The van der Waals surface area contributed by atoms with Crippen LogP contribution < -0.4 is 20.9 Å². The van der Waals surface area contributed by atoms with E-state index < -0.39 is 0 Å². The van der Waals surface area contributed by atoms with Gasteiger partial charge in [0.25, 0.3) is 0 Å². The molecule has 2 aromatic carbocycles. The van der Waals surface area contributed by atoms with E-state index in [9.17, 15) is 0 Å². The minimum absolute atomic E-state index is 0.124. The first-order chi connectivity index (χ1) is 10.4. The minimum atomic E-state index is 0.124. The molecule has 4 N–H and O–H groups in total. The van der Waals surface area contributed by atoms with Crippen LogP contribution in [0.2, 0.25) is 0 Å². The molecule has 0 aliphatic carbocycles. The summed E-state index contributed by atoms with van der Waals surface area (Å²) >= 11 is 0. The maximum atomic E-state index is 5.83. The summed E-state index contributed by atoms with van der Waals surface area (Å²) in [4.78, 5) is 2.09. The number of likely N-dealkylation sites (N-methyl/N-ethyl adjacent to an activating group) is 1. The molecular formula is C17H23N3O2. The number of hydrogen-bond acceptors (Lipinski definition) is 5. The van der Waals surface area contributed by atoms with Gasteiger partial charge in [-0.25, -0.2) is 0 Å². The van der Waals surface area contributed by atoms with Crippen molar-refractivity contribution in [2.24, 2.45) is 0 Å². The second kappa shape index (κ2) is 7.04. The smallest absolute Gasteiger partial charge is 0.129 e. The maximum absolute atomic E-state index is 5.83. The largest absolute Gasteiger partial charge is 0.489 e. The van der Waals surface area contributed by atoms with Crippen LogP contribution in [-0.4, -0.2) is 31.6 Å². The summed E-state index contributed by atoms with van der Waals surface area (Å²) in [6, 6.07) is 12.7. The number of nitrogen functional groups attached to an aromatic ring is 2. The highest BCUT2D eigenvalue weighted by molar-refractivity contribution is 5.65. The molecule has 0 bridgehead atoms. The van der Waals surface area contributed by atoms with Crippen molar-refractivity contribution >= 4 is 11.4 Å². The molecule has 1 atom stereocenters. The van der Waals surface area contributed by atoms with Gasteiger partial charge in [0.15, 0.2) is 0 Å². The van der Waals surface area contributed by atoms with Crippen LogP contribution in [0.5, 0.6) is 17.2 Å². The quantitative estimate of drug-likeness (QED) is 0.802. The summed E-state index contributed by atoms with van der Waals surface area (Å²) in [5.74, 6) is 2.19. The highest BCUT2D eigenvalue weighted by Crippen LogP contribution is 2.27. The van der Waals surface area contributed by atoms with Crippen LogP contribution in [0.15, 0.2) is 42.5 Å². The van der Waals surface area contributed by atoms with E-state index in [-0.39, 0.29) is 6.10 Å². The minimum Gasteiger partial charge on any atom is -0.489 e. The van der Waals surface area contributed by atoms with Crippen molar-refractivity contribution in [3.63, 3.8) is 0 Å². The number of hydrogen-bond donors (Lipinski definition) is 2. The van der Waals surface area contributed by atoms with Gasteiger partial charge >= 0.3 is 0 Å². The third-order valence-corrected chi connectivity index (χ3v) is 3.08. The average molecular weight is 301 g/mol. The van der Waals surface area contributed by atoms with Gasteiger partial charge < -0.3 is 25.8 Å². The molecule has 0 amide bonds. The van der Waals surface area contributed by atoms with Gasteiger partial charge in [-0.2, -0.15) is 0 Å². The predicted octanol–water partition coefficient (Wildman–Crippen LogP) is 2.97. The summed E-state index contributed by atoms with van der Waals surface area (Å²) in [5.41, 5.74) is 12.5. The molecule has 2 rings (SSSR count). The van der Waals surface area contributed by atoms with Gasteiger partial charge in [-0.3, -0.25) is 0 Å². The average Bonchev–Trinajstić information content (AvgIpc) is 2.44. The highest BCUT2D eigenvalue weighted by Gasteiger charge is 2.06. The van der Waals surface area contributed by atoms with Gasteiger partial charge in [0.05, 0.1) is 11.4 Å². The third-order valence-electron chi connectivity index (χ3n) is 3.08. The maximum Gasteiger partial charge on any atom is 0.129 e. The molecule has 118 valence electrons. The molecule has 0 fully saturated rings. The summed E-state index contributed by atoms with van der Waals surface area (Å²) in [6.45, 7) is 2.91. The number of rotatable bonds is 6. The fourth-order valence-corrected chi connectivity index (χ4v) is 2.12. The van der Waals surface area contributed by atoms with Crippen LogP contribution in [0.3, 0.4) is 0 Å². The predicted molar refractivity (Wildman–Crippen MR) is 90.4 cm³/mol. The Bertz CT molecular complexity index is 612. The Balaban J connectivity index is 1.98. The van der Waals surface area contributed by atoms with E-state index in [1.54, 1.807) is 18.2 Å². The summed E-state index contributed by atoms with van der Waals surface area (Å²) in [6.07, 6.45) is 0.124. The molecule has 0 aliphatic rings. The lowest BCUT2D eigenvalue weighted by atomic mass is 10.2. The van der Waals surface area contributed by atoms with Crippen LogP contribution in [0.25, 0.3) is 0 Å². The molecule has 0 spiro atoms. The molecule has 2 aromatic rings. The molecule has 0 saturated carbocycles. The normalized spacial score (nSPS) is 12.2. The molecule has 5 heteroatoms. The van der Waals surface area contributed by atoms with Crippen molar-refractivity contribution in [1.82, 2.24) is 4.90 Å². The number of benzene rings is 2. The van der Waals surface area contributed by atoms with Crippen LogP contribution in [0.1, 0.15) is 6.92 Å². The molecule has 5 nitrogen and oxygen atoms in total. The van der Waals surface area contributed by atoms with Gasteiger partial charge in [-0.05, 0) is 57.4 Å². The Morgan fingerprint density at radius 3 is 2.09 bits per heavy atom. The lowest BCUT2D eigenvalue weighted by Gasteiger charge is -2.18. The Morgan fingerprint density at radius 2 is 1.50 bits per heavy atom. The topological polar surface area (TPSA) is 73.7 Å².